The summed E-state index contributed by atoms with van der Waals surface area (Å²) in [6.45, 7) is -0.734. The van der Waals surface area contributed by atoms with Gasteiger partial charge in [0.25, 0.3) is 5.91 Å². The van der Waals surface area contributed by atoms with Crippen molar-refractivity contribution in [1.29, 1.82) is 0 Å². The first-order valence-corrected chi connectivity index (χ1v) is 6.06. The zero-order chi connectivity index (χ0) is 15.7. The lowest BCUT2D eigenvalue weighted by molar-refractivity contribution is -0.150. The first kappa shape index (κ1) is 16.2. The van der Waals surface area contributed by atoms with Crippen LogP contribution in [0.3, 0.4) is 0 Å². The van der Waals surface area contributed by atoms with Crippen molar-refractivity contribution >= 4 is 17.8 Å². The normalized spacial score (nSPS) is 9.05. The molecule has 0 saturated carbocycles. The predicted molar refractivity (Wildman–Crippen MR) is 73.9 cm³/mol. The highest BCUT2D eigenvalue weighted by atomic mass is 16.5. The molecule has 1 amide bonds. The van der Waals surface area contributed by atoms with Crippen LogP contribution in [0.25, 0.3) is 0 Å². The summed E-state index contributed by atoms with van der Waals surface area (Å²) in [5, 5.41) is 0. The highest BCUT2D eigenvalue weighted by Crippen LogP contribution is 1.97. The van der Waals surface area contributed by atoms with Crippen LogP contribution in [0.5, 0.6) is 0 Å². The molecule has 6 heteroatoms. The van der Waals surface area contributed by atoms with Crippen molar-refractivity contribution in [3.05, 3.63) is 35.9 Å². The maximum absolute atomic E-state index is 12.0. The van der Waals surface area contributed by atoms with Crippen molar-refractivity contribution in [2.75, 3.05) is 27.3 Å². The Morgan fingerprint density at radius 1 is 1.00 bits per heavy atom. The van der Waals surface area contributed by atoms with E-state index in [1.807, 2.05) is 6.07 Å². The van der Waals surface area contributed by atoms with Crippen LogP contribution in [0.15, 0.2) is 30.3 Å². The summed E-state index contributed by atoms with van der Waals surface area (Å²) in [6, 6.07) is 8.88. The van der Waals surface area contributed by atoms with Crippen LogP contribution in [-0.2, 0) is 23.9 Å². The van der Waals surface area contributed by atoms with Crippen molar-refractivity contribution in [2.24, 2.45) is 0 Å². The third kappa shape index (κ3) is 5.78. The van der Waals surface area contributed by atoms with Gasteiger partial charge in [-0.15, -0.1) is 0 Å². The smallest absolute Gasteiger partial charge is 0.325 e. The van der Waals surface area contributed by atoms with Gasteiger partial charge in [0, 0.05) is 11.5 Å². The van der Waals surface area contributed by atoms with Gasteiger partial charge in [0.05, 0.1) is 14.2 Å². The Balaban J connectivity index is 2.82. The number of rotatable bonds is 4. The third-order valence-electron chi connectivity index (χ3n) is 2.47. The molecule has 0 aliphatic heterocycles. The summed E-state index contributed by atoms with van der Waals surface area (Å²) in [4.78, 5) is 35.4. The molecule has 0 saturated heterocycles. The topological polar surface area (TPSA) is 72.9 Å². The second kappa shape index (κ2) is 8.38. The van der Waals surface area contributed by atoms with Gasteiger partial charge in [-0.05, 0) is 12.1 Å². The van der Waals surface area contributed by atoms with Crippen LogP contribution in [0.1, 0.15) is 5.56 Å². The fraction of sp³-hybridized carbons (Fsp3) is 0.267. The number of hydrogen-bond acceptors (Lipinski definition) is 5. The molecule has 0 atom stereocenters. The average Bonchev–Trinajstić information content (AvgIpc) is 2.52. The second-order valence-electron chi connectivity index (χ2n) is 3.93. The fourth-order valence-electron chi connectivity index (χ4n) is 1.37. The number of amides is 1. The Kier molecular flexibility index (Phi) is 6.48. The molecule has 0 unspecified atom stereocenters. The highest BCUT2D eigenvalue weighted by molar-refractivity contribution is 5.97. The van der Waals surface area contributed by atoms with Gasteiger partial charge in [-0.2, -0.15) is 0 Å². The van der Waals surface area contributed by atoms with Crippen LogP contribution in [0.2, 0.25) is 0 Å². The third-order valence-corrected chi connectivity index (χ3v) is 2.47. The lowest BCUT2D eigenvalue weighted by Crippen LogP contribution is -2.39. The Hall–Kier alpha value is -2.81. The number of benzene rings is 1. The van der Waals surface area contributed by atoms with Gasteiger partial charge in [-0.25, -0.2) is 0 Å². The molecule has 0 aromatic heterocycles. The van der Waals surface area contributed by atoms with Gasteiger partial charge >= 0.3 is 11.9 Å². The molecule has 0 spiro atoms. The van der Waals surface area contributed by atoms with E-state index in [9.17, 15) is 14.4 Å². The molecule has 0 heterocycles. The van der Waals surface area contributed by atoms with Crippen LogP contribution >= 0.6 is 0 Å². The summed E-state index contributed by atoms with van der Waals surface area (Å²) in [6.07, 6.45) is 0. The molecule has 0 bridgehead atoms. The number of esters is 2. The minimum Gasteiger partial charge on any atom is -0.468 e. The first-order valence-electron chi connectivity index (χ1n) is 6.06. The van der Waals surface area contributed by atoms with Gasteiger partial charge in [-0.3, -0.25) is 14.4 Å². The number of hydrogen-bond donors (Lipinski definition) is 0. The molecule has 21 heavy (non-hydrogen) atoms. The molecular weight excluding hydrogens is 274 g/mol. The van der Waals surface area contributed by atoms with E-state index >= 15 is 0 Å². The minimum atomic E-state index is -0.658. The van der Waals surface area contributed by atoms with Crippen LogP contribution < -0.4 is 0 Å². The number of methoxy groups -OCH3 is 2. The Bertz CT molecular complexity index is 553. The fourth-order valence-corrected chi connectivity index (χ4v) is 1.37. The number of carbonyl (C=O) groups is 3. The molecule has 0 N–H and O–H groups in total. The van der Waals surface area contributed by atoms with E-state index in [-0.39, 0.29) is 13.1 Å². The highest BCUT2D eigenvalue weighted by Gasteiger charge is 2.19. The van der Waals surface area contributed by atoms with Crippen molar-refractivity contribution in [2.45, 2.75) is 0 Å². The average molecular weight is 289 g/mol. The molecule has 0 aliphatic carbocycles. The summed E-state index contributed by atoms with van der Waals surface area (Å²) >= 11 is 0. The van der Waals surface area contributed by atoms with Gasteiger partial charge in [0.2, 0.25) is 0 Å². The lowest BCUT2D eigenvalue weighted by atomic mass is 10.2. The molecule has 6 nitrogen and oxygen atoms in total. The SMILES string of the molecule is COC(=O)CN(CC(=O)OC)C(=O)C#Cc1ccccc1. The van der Waals surface area contributed by atoms with E-state index in [0.29, 0.717) is 5.56 Å². The van der Waals surface area contributed by atoms with Crippen molar-refractivity contribution < 1.29 is 23.9 Å². The monoisotopic (exact) mass is 289 g/mol. The van der Waals surface area contributed by atoms with Crippen molar-refractivity contribution in [3.8, 4) is 11.8 Å². The van der Waals surface area contributed by atoms with Gasteiger partial charge in [-0.1, -0.05) is 24.1 Å². The molecule has 0 radical (unpaired) electrons. The Labute approximate surface area is 122 Å². The summed E-state index contributed by atoms with van der Waals surface area (Å²) in [5.74, 6) is 3.09. The quantitative estimate of drug-likeness (QED) is 0.585. The molecule has 0 fully saturated rings. The zero-order valence-electron chi connectivity index (χ0n) is 11.8. The van der Waals surface area contributed by atoms with E-state index in [1.54, 1.807) is 24.3 Å². The summed E-state index contributed by atoms with van der Waals surface area (Å²) in [7, 11) is 2.39. The Morgan fingerprint density at radius 3 is 2.00 bits per heavy atom. The summed E-state index contributed by atoms with van der Waals surface area (Å²) in [5.41, 5.74) is 0.655. The lowest BCUT2D eigenvalue weighted by Gasteiger charge is -2.16. The maximum atomic E-state index is 12.0. The van der Waals surface area contributed by atoms with E-state index in [0.717, 1.165) is 4.90 Å². The van der Waals surface area contributed by atoms with E-state index in [2.05, 4.69) is 21.3 Å². The molecule has 1 aromatic carbocycles. The molecule has 0 aliphatic rings. The van der Waals surface area contributed by atoms with Crippen LogP contribution in [-0.4, -0.2) is 50.1 Å². The number of ether oxygens (including phenoxy) is 2. The van der Waals surface area contributed by atoms with E-state index in [4.69, 9.17) is 0 Å². The summed E-state index contributed by atoms with van der Waals surface area (Å²) < 4.78 is 8.95. The predicted octanol–water partition coefficient (Wildman–Crippen LogP) is 0.213. The Morgan fingerprint density at radius 2 is 1.52 bits per heavy atom. The van der Waals surface area contributed by atoms with Crippen molar-refractivity contribution in [3.63, 3.8) is 0 Å². The van der Waals surface area contributed by atoms with Gasteiger partial charge < -0.3 is 14.4 Å². The second-order valence-corrected chi connectivity index (χ2v) is 3.93. The van der Waals surface area contributed by atoms with Crippen molar-refractivity contribution in [1.82, 2.24) is 4.90 Å². The van der Waals surface area contributed by atoms with Gasteiger partial charge in [0.1, 0.15) is 13.1 Å². The molecule has 1 aromatic rings. The zero-order valence-corrected chi connectivity index (χ0v) is 11.8. The maximum Gasteiger partial charge on any atom is 0.325 e. The van der Waals surface area contributed by atoms with Crippen LogP contribution in [0, 0.1) is 11.8 Å². The van der Waals surface area contributed by atoms with E-state index in [1.165, 1.54) is 14.2 Å². The molecule has 1 rings (SSSR count). The number of nitrogens with zero attached hydrogens (tertiary/aromatic N) is 1. The van der Waals surface area contributed by atoms with Gasteiger partial charge in [0.15, 0.2) is 0 Å². The van der Waals surface area contributed by atoms with Crippen LogP contribution in [0.4, 0.5) is 0 Å². The largest absolute Gasteiger partial charge is 0.468 e. The molecule has 110 valence electrons. The number of carbonyl (C=O) groups excluding carboxylic acids is 3. The first-order chi connectivity index (χ1) is 10.1. The van der Waals surface area contributed by atoms with E-state index < -0.39 is 17.8 Å². The standard InChI is InChI=1S/C15H15NO5/c1-20-14(18)10-16(11-15(19)21-2)13(17)9-8-12-6-4-3-5-7-12/h3-7H,10-11H2,1-2H3. The molecular formula is C15H15NO5. The minimum absolute atomic E-state index is 0.367.